The zero-order valence-electron chi connectivity index (χ0n) is 5.24. The summed E-state index contributed by atoms with van der Waals surface area (Å²) in [6.07, 6.45) is 3.43. The van der Waals surface area contributed by atoms with E-state index < -0.39 is 0 Å². The van der Waals surface area contributed by atoms with Gasteiger partial charge in [-0.15, -0.1) is 0 Å². The highest BCUT2D eigenvalue weighted by molar-refractivity contribution is 14.2. The van der Waals surface area contributed by atoms with Crippen LogP contribution in [0.4, 0.5) is 0 Å². The number of aromatic nitrogens is 2. The maximum atomic E-state index is 4.94. The van der Waals surface area contributed by atoms with Crippen molar-refractivity contribution in [3.8, 4) is 6.01 Å². The van der Waals surface area contributed by atoms with Crippen LogP contribution in [0, 0.1) is 6.92 Å². The number of hydrogen-bond donors (Lipinski definition) is 0. The van der Waals surface area contributed by atoms with Crippen LogP contribution in [0.3, 0.4) is 0 Å². The van der Waals surface area contributed by atoms with Gasteiger partial charge < -0.3 is 4.18 Å². The molecule has 1 aromatic rings. The highest BCUT2D eigenvalue weighted by Gasteiger charge is 1.93. The quantitative estimate of drug-likeness (QED) is 0.608. The predicted molar refractivity (Wildman–Crippen MR) is 49.0 cm³/mol. The van der Waals surface area contributed by atoms with Gasteiger partial charge in [-0.05, 0) is 12.5 Å². The Morgan fingerprint density at radius 2 is 2.10 bits per heavy atom. The van der Waals surface area contributed by atoms with Crippen molar-refractivity contribution in [3.63, 3.8) is 0 Å². The van der Waals surface area contributed by atoms with E-state index in [1.54, 1.807) is 12.4 Å². The second kappa shape index (κ2) is 3.97. The molecule has 1 aromatic heterocycles. The summed E-state index contributed by atoms with van der Waals surface area (Å²) in [5.74, 6) is 0. The normalized spacial score (nSPS) is 9.40. The van der Waals surface area contributed by atoms with Gasteiger partial charge in [-0.2, -0.15) is 0 Å². The molecule has 0 amide bonds. The van der Waals surface area contributed by atoms with E-state index in [1.165, 1.54) is 9.21 Å². The smallest absolute Gasteiger partial charge is 0.329 e. The lowest BCUT2D eigenvalue weighted by Gasteiger charge is -1.95. The Balaban J connectivity index is 2.69. The first-order chi connectivity index (χ1) is 4.83. The van der Waals surface area contributed by atoms with Crippen molar-refractivity contribution < 1.29 is 4.18 Å². The van der Waals surface area contributed by atoms with Crippen molar-refractivity contribution in [3.05, 3.63) is 18.0 Å². The molecule has 0 saturated heterocycles. The summed E-state index contributed by atoms with van der Waals surface area (Å²) in [6.45, 7) is 1.93. The van der Waals surface area contributed by atoms with Crippen LogP contribution in [-0.2, 0) is 0 Å². The Kier molecular flexibility index (Phi) is 3.20. The molecule has 0 aliphatic carbocycles. The highest BCUT2D eigenvalue weighted by atomic mass is 127. The molecule has 0 N–H and O–H groups in total. The van der Waals surface area contributed by atoms with Gasteiger partial charge in [-0.1, -0.05) is 0 Å². The summed E-state index contributed by atoms with van der Waals surface area (Å²) in [7, 11) is 1.21. The molecular weight excluding hydrogens is 263 g/mol. The first kappa shape index (κ1) is 8.06. The van der Waals surface area contributed by atoms with Gasteiger partial charge in [0.25, 0.3) is 0 Å². The largest absolute Gasteiger partial charge is 0.378 e. The third kappa shape index (κ3) is 2.30. The molecule has 3 nitrogen and oxygen atoms in total. The standard InChI is InChI=1S/C5H5IN2OS/c1-4-2-7-5(8-3-4)9-10-6/h2-3H,1H3. The maximum absolute atomic E-state index is 4.94. The van der Waals surface area contributed by atoms with Crippen LogP contribution in [0.25, 0.3) is 0 Å². The van der Waals surface area contributed by atoms with Crippen molar-refractivity contribution in [2.45, 2.75) is 6.92 Å². The van der Waals surface area contributed by atoms with Crippen molar-refractivity contribution in [2.24, 2.45) is 0 Å². The third-order valence-corrected chi connectivity index (χ3v) is 1.61. The number of halogens is 1. The molecule has 0 aliphatic heterocycles. The Hall–Kier alpha value is -0.0400. The van der Waals surface area contributed by atoms with E-state index >= 15 is 0 Å². The van der Waals surface area contributed by atoms with Crippen LogP contribution in [0.15, 0.2) is 12.4 Å². The molecule has 1 rings (SSSR count). The first-order valence-electron chi connectivity index (χ1n) is 2.57. The number of nitrogens with zero attached hydrogens (tertiary/aromatic N) is 2. The van der Waals surface area contributed by atoms with Gasteiger partial charge in [0.1, 0.15) is 9.21 Å². The first-order valence-corrected chi connectivity index (χ1v) is 5.85. The number of rotatable bonds is 2. The highest BCUT2D eigenvalue weighted by Crippen LogP contribution is 2.15. The van der Waals surface area contributed by atoms with E-state index in [9.17, 15) is 0 Å². The van der Waals surface area contributed by atoms with E-state index in [4.69, 9.17) is 4.18 Å². The minimum atomic E-state index is 0.407. The summed E-state index contributed by atoms with van der Waals surface area (Å²) >= 11 is 2.01. The van der Waals surface area contributed by atoms with Crippen LogP contribution in [0.1, 0.15) is 5.56 Å². The minimum Gasteiger partial charge on any atom is -0.378 e. The molecule has 0 fully saturated rings. The molecule has 0 spiro atoms. The van der Waals surface area contributed by atoms with E-state index in [1.807, 2.05) is 28.1 Å². The maximum Gasteiger partial charge on any atom is 0.329 e. The van der Waals surface area contributed by atoms with Crippen LogP contribution >= 0.6 is 30.4 Å². The van der Waals surface area contributed by atoms with E-state index in [-0.39, 0.29) is 0 Å². The van der Waals surface area contributed by atoms with Crippen LogP contribution in [-0.4, -0.2) is 9.97 Å². The second-order valence-electron chi connectivity index (χ2n) is 1.69. The Morgan fingerprint density at radius 3 is 2.60 bits per heavy atom. The average molecular weight is 268 g/mol. The van der Waals surface area contributed by atoms with E-state index in [0.29, 0.717) is 6.01 Å². The molecule has 1 heterocycles. The molecule has 0 saturated carbocycles. The monoisotopic (exact) mass is 268 g/mol. The van der Waals surface area contributed by atoms with E-state index in [2.05, 4.69) is 9.97 Å². The van der Waals surface area contributed by atoms with Crippen molar-refractivity contribution in [2.75, 3.05) is 0 Å². The molecule has 0 radical (unpaired) electrons. The van der Waals surface area contributed by atoms with Gasteiger partial charge in [0, 0.05) is 33.6 Å². The van der Waals surface area contributed by atoms with Crippen LogP contribution in [0.5, 0.6) is 6.01 Å². The average Bonchev–Trinajstić information content (AvgIpc) is 1.95. The fourth-order valence-corrected chi connectivity index (χ4v) is 1.08. The molecule has 0 unspecified atom stereocenters. The fraction of sp³-hybridized carbons (Fsp3) is 0.200. The van der Waals surface area contributed by atoms with Gasteiger partial charge in [0.15, 0.2) is 0 Å². The fourth-order valence-electron chi connectivity index (χ4n) is 0.452. The van der Waals surface area contributed by atoms with Crippen LogP contribution in [0.2, 0.25) is 0 Å². The lowest BCUT2D eigenvalue weighted by molar-refractivity contribution is 0.592. The zero-order chi connectivity index (χ0) is 7.40. The van der Waals surface area contributed by atoms with Crippen molar-refractivity contribution in [1.82, 2.24) is 9.97 Å². The third-order valence-electron chi connectivity index (χ3n) is 0.863. The predicted octanol–water partition coefficient (Wildman–Crippen LogP) is 2.16. The molecule has 0 atom stereocenters. The molecule has 0 aromatic carbocycles. The van der Waals surface area contributed by atoms with Crippen molar-refractivity contribution >= 4 is 30.4 Å². The molecule has 10 heavy (non-hydrogen) atoms. The molecule has 0 bridgehead atoms. The Labute approximate surface area is 75.4 Å². The number of aryl methyl sites for hydroxylation is 1. The lowest BCUT2D eigenvalue weighted by atomic mass is 10.4. The Morgan fingerprint density at radius 1 is 1.50 bits per heavy atom. The topological polar surface area (TPSA) is 35.0 Å². The van der Waals surface area contributed by atoms with Gasteiger partial charge in [-0.3, -0.25) is 0 Å². The summed E-state index contributed by atoms with van der Waals surface area (Å²) in [5, 5.41) is 0. The molecule has 5 heteroatoms. The van der Waals surface area contributed by atoms with Gasteiger partial charge in [-0.25, -0.2) is 9.97 Å². The number of hydrogen-bond acceptors (Lipinski definition) is 4. The van der Waals surface area contributed by atoms with Crippen molar-refractivity contribution in [1.29, 1.82) is 0 Å². The summed E-state index contributed by atoms with van der Waals surface area (Å²) in [6, 6.07) is 0.407. The minimum absolute atomic E-state index is 0.407. The van der Waals surface area contributed by atoms with Gasteiger partial charge in [0.2, 0.25) is 0 Å². The SMILES string of the molecule is Cc1cnc(OSI)nc1. The molecule has 54 valence electrons. The lowest BCUT2D eigenvalue weighted by Crippen LogP contribution is -1.87. The Bertz CT molecular complexity index is 203. The summed E-state index contributed by atoms with van der Waals surface area (Å²) < 4.78 is 4.94. The summed E-state index contributed by atoms with van der Waals surface area (Å²) in [5.41, 5.74) is 1.03. The molecular formula is C5H5IN2OS. The molecule has 0 aliphatic rings. The van der Waals surface area contributed by atoms with Gasteiger partial charge >= 0.3 is 6.01 Å². The summed E-state index contributed by atoms with van der Waals surface area (Å²) in [4.78, 5) is 7.82. The van der Waals surface area contributed by atoms with Gasteiger partial charge in [0.05, 0.1) is 0 Å². The van der Waals surface area contributed by atoms with E-state index in [0.717, 1.165) is 5.56 Å². The zero-order valence-corrected chi connectivity index (χ0v) is 8.22. The second-order valence-corrected chi connectivity index (χ2v) is 3.06. The van der Waals surface area contributed by atoms with Crippen LogP contribution < -0.4 is 4.18 Å².